The molecule has 3 aromatic rings. The standard InChI is InChI=1S/C17H18N3OP/c1-10(2)12-8-18-16(19-9-12)14-6-11-4-5-20(3)17(21)13(11)7-15(14)22/h4-10H,22H2,1-3H3. The van der Waals surface area contributed by atoms with E-state index in [1.54, 1.807) is 17.8 Å². The lowest BCUT2D eigenvalue weighted by Gasteiger charge is -2.09. The average Bonchev–Trinajstić information content (AvgIpc) is 2.51. The Morgan fingerprint density at radius 2 is 1.86 bits per heavy atom. The van der Waals surface area contributed by atoms with E-state index in [1.165, 1.54) is 0 Å². The molecule has 0 saturated carbocycles. The van der Waals surface area contributed by atoms with E-state index in [1.807, 2.05) is 30.6 Å². The summed E-state index contributed by atoms with van der Waals surface area (Å²) in [4.78, 5) is 21.1. The fourth-order valence-corrected chi connectivity index (χ4v) is 2.75. The van der Waals surface area contributed by atoms with Crippen LogP contribution in [0.3, 0.4) is 0 Å². The molecular weight excluding hydrogens is 293 g/mol. The Labute approximate surface area is 131 Å². The molecule has 0 bridgehead atoms. The van der Waals surface area contributed by atoms with Crippen LogP contribution in [0.5, 0.6) is 0 Å². The first kappa shape index (κ1) is 14.9. The number of hydrogen-bond acceptors (Lipinski definition) is 3. The van der Waals surface area contributed by atoms with Crippen molar-refractivity contribution < 1.29 is 0 Å². The molecule has 2 aromatic heterocycles. The normalized spacial score (nSPS) is 11.3. The third-order valence-electron chi connectivity index (χ3n) is 3.83. The quantitative estimate of drug-likeness (QED) is 0.684. The highest BCUT2D eigenvalue weighted by Gasteiger charge is 2.10. The molecule has 0 N–H and O–H groups in total. The number of aromatic nitrogens is 3. The predicted octanol–water partition coefficient (Wildman–Crippen LogP) is 2.62. The lowest BCUT2D eigenvalue weighted by Crippen LogP contribution is -2.17. The van der Waals surface area contributed by atoms with Gasteiger partial charge in [0, 0.05) is 36.6 Å². The van der Waals surface area contributed by atoms with Crippen molar-refractivity contribution in [3.8, 4) is 11.4 Å². The molecule has 22 heavy (non-hydrogen) atoms. The molecule has 0 fully saturated rings. The third kappa shape index (κ3) is 2.55. The molecule has 0 aliphatic carbocycles. The summed E-state index contributed by atoms with van der Waals surface area (Å²) in [5, 5.41) is 2.53. The molecule has 0 aliphatic rings. The Balaban J connectivity index is 2.17. The van der Waals surface area contributed by atoms with E-state index >= 15 is 0 Å². The Morgan fingerprint density at radius 3 is 2.50 bits per heavy atom. The lowest BCUT2D eigenvalue weighted by atomic mass is 10.1. The number of benzene rings is 1. The van der Waals surface area contributed by atoms with Gasteiger partial charge in [0.05, 0.1) is 0 Å². The van der Waals surface area contributed by atoms with E-state index in [0.717, 1.165) is 21.8 Å². The molecular formula is C17H18N3OP. The number of nitrogens with zero attached hydrogens (tertiary/aromatic N) is 3. The zero-order valence-electron chi connectivity index (χ0n) is 12.9. The molecule has 0 saturated heterocycles. The van der Waals surface area contributed by atoms with Crippen molar-refractivity contribution in [3.05, 3.63) is 52.7 Å². The van der Waals surface area contributed by atoms with Gasteiger partial charge in [-0.05, 0) is 40.4 Å². The van der Waals surface area contributed by atoms with E-state index < -0.39 is 0 Å². The highest BCUT2D eigenvalue weighted by molar-refractivity contribution is 7.28. The first-order chi connectivity index (χ1) is 10.5. The smallest absolute Gasteiger partial charge is 0.258 e. The van der Waals surface area contributed by atoms with Gasteiger partial charge in [-0.25, -0.2) is 9.97 Å². The Hall–Kier alpha value is -2.06. The molecule has 3 rings (SSSR count). The molecule has 0 spiro atoms. The van der Waals surface area contributed by atoms with Gasteiger partial charge >= 0.3 is 0 Å². The summed E-state index contributed by atoms with van der Waals surface area (Å²) in [6, 6.07) is 5.80. The largest absolute Gasteiger partial charge is 0.318 e. The topological polar surface area (TPSA) is 47.8 Å². The summed E-state index contributed by atoms with van der Waals surface area (Å²) < 4.78 is 1.58. The molecule has 112 valence electrons. The minimum atomic E-state index is 0.00354. The second-order valence-electron chi connectivity index (χ2n) is 5.75. The van der Waals surface area contributed by atoms with E-state index in [0.29, 0.717) is 17.1 Å². The fourth-order valence-electron chi connectivity index (χ4n) is 2.37. The molecule has 1 atom stereocenters. The van der Waals surface area contributed by atoms with Gasteiger partial charge in [-0.1, -0.05) is 13.8 Å². The van der Waals surface area contributed by atoms with Crippen LogP contribution in [0.15, 0.2) is 41.6 Å². The maximum atomic E-state index is 12.2. The van der Waals surface area contributed by atoms with E-state index in [9.17, 15) is 4.79 Å². The van der Waals surface area contributed by atoms with Crippen molar-refractivity contribution in [1.82, 2.24) is 14.5 Å². The van der Waals surface area contributed by atoms with Gasteiger partial charge in [0.1, 0.15) is 0 Å². The van der Waals surface area contributed by atoms with E-state index in [2.05, 4.69) is 33.1 Å². The number of aryl methyl sites for hydroxylation is 1. The van der Waals surface area contributed by atoms with E-state index in [4.69, 9.17) is 0 Å². The molecule has 1 aromatic carbocycles. The SMILES string of the molecule is CC(C)c1cnc(-c2cc3ccn(C)c(=O)c3cc2P)nc1. The minimum absolute atomic E-state index is 0.00354. The summed E-state index contributed by atoms with van der Waals surface area (Å²) >= 11 is 0. The maximum Gasteiger partial charge on any atom is 0.258 e. The van der Waals surface area contributed by atoms with Crippen molar-refractivity contribution in [3.63, 3.8) is 0 Å². The van der Waals surface area contributed by atoms with Crippen molar-refractivity contribution >= 4 is 25.3 Å². The van der Waals surface area contributed by atoms with Crippen LogP contribution in [0.25, 0.3) is 22.2 Å². The van der Waals surface area contributed by atoms with Crippen LogP contribution in [0, 0.1) is 0 Å². The van der Waals surface area contributed by atoms with Crippen molar-refractivity contribution in [2.45, 2.75) is 19.8 Å². The Bertz CT molecular complexity index is 898. The maximum absolute atomic E-state index is 12.2. The predicted molar refractivity (Wildman–Crippen MR) is 93.6 cm³/mol. The Morgan fingerprint density at radius 1 is 1.18 bits per heavy atom. The summed E-state index contributed by atoms with van der Waals surface area (Å²) in [6.07, 6.45) is 5.51. The molecule has 0 amide bonds. The van der Waals surface area contributed by atoms with Crippen LogP contribution in [0.2, 0.25) is 0 Å². The second kappa shape index (κ2) is 5.62. The average molecular weight is 311 g/mol. The fraction of sp³-hybridized carbons (Fsp3) is 0.235. The van der Waals surface area contributed by atoms with Gasteiger partial charge < -0.3 is 4.57 Å². The highest BCUT2D eigenvalue weighted by Crippen LogP contribution is 2.21. The first-order valence-corrected chi connectivity index (χ1v) is 7.76. The van der Waals surface area contributed by atoms with Gasteiger partial charge in [-0.2, -0.15) is 0 Å². The number of hydrogen-bond donors (Lipinski definition) is 0. The monoisotopic (exact) mass is 311 g/mol. The van der Waals surface area contributed by atoms with E-state index in [-0.39, 0.29) is 5.56 Å². The van der Waals surface area contributed by atoms with Crippen molar-refractivity contribution in [2.75, 3.05) is 0 Å². The van der Waals surface area contributed by atoms with Crippen LogP contribution in [-0.4, -0.2) is 14.5 Å². The number of fused-ring (bicyclic) bond motifs is 1. The van der Waals surface area contributed by atoms with Gasteiger partial charge in [-0.15, -0.1) is 9.24 Å². The van der Waals surface area contributed by atoms with Gasteiger partial charge in [0.25, 0.3) is 5.56 Å². The zero-order chi connectivity index (χ0) is 15.9. The summed E-state index contributed by atoms with van der Waals surface area (Å²) in [7, 11) is 4.43. The van der Waals surface area contributed by atoms with Crippen molar-refractivity contribution in [1.29, 1.82) is 0 Å². The molecule has 1 unspecified atom stereocenters. The van der Waals surface area contributed by atoms with Crippen LogP contribution < -0.4 is 10.9 Å². The summed E-state index contributed by atoms with van der Waals surface area (Å²) in [6.45, 7) is 4.23. The zero-order valence-corrected chi connectivity index (χ0v) is 14.0. The molecule has 2 heterocycles. The van der Waals surface area contributed by atoms with Gasteiger partial charge in [0.15, 0.2) is 5.82 Å². The van der Waals surface area contributed by atoms with Gasteiger partial charge in [0.2, 0.25) is 0 Å². The minimum Gasteiger partial charge on any atom is -0.318 e. The van der Waals surface area contributed by atoms with Crippen molar-refractivity contribution in [2.24, 2.45) is 7.05 Å². The van der Waals surface area contributed by atoms with Crippen LogP contribution in [0.1, 0.15) is 25.3 Å². The molecule has 0 radical (unpaired) electrons. The Kier molecular flexibility index (Phi) is 3.79. The summed E-state index contributed by atoms with van der Waals surface area (Å²) in [5.41, 5.74) is 2.05. The van der Waals surface area contributed by atoms with Crippen LogP contribution in [-0.2, 0) is 7.05 Å². The van der Waals surface area contributed by atoms with Crippen LogP contribution >= 0.6 is 9.24 Å². The second-order valence-corrected chi connectivity index (χ2v) is 6.38. The summed E-state index contributed by atoms with van der Waals surface area (Å²) in [5.74, 6) is 1.08. The third-order valence-corrected chi connectivity index (χ3v) is 4.31. The highest BCUT2D eigenvalue weighted by atomic mass is 31.0. The van der Waals surface area contributed by atoms with Crippen LogP contribution in [0.4, 0.5) is 0 Å². The molecule has 0 aliphatic heterocycles. The molecule has 5 heteroatoms. The number of rotatable bonds is 2. The lowest BCUT2D eigenvalue weighted by molar-refractivity contribution is 0.847. The molecule has 4 nitrogen and oxygen atoms in total. The number of pyridine rings is 1. The first-order valence-electron chi connectivity index (χ1n) is 7.18. The van der Waals surface area contributed by atoms with Gasteiger partial charge in [-0.3, -0.25) is 4.79 Å².